The number of hydrogen-bond donors (Lipinski definition) is 1. The summed E-state index contributed by atoms with van der Waals surface area (Å²) < 4.78 is 1.02. The maximum Gasteiger partial charge on any atom is 0.0934 e. The van der Waals surface area contributed by atoms with Gasteiger partial charge in [-0.1, -0.05) is 39.3 Å². The van der Waals surface area contributed by atoms with Crippen molar-refractivity contribution in [1.29, 1.82) is 0 Å². The second kappa shape index (κ2) is 7.07. The number of fused-ring (bicyclic) bond motifs is 1. The summed E-state index contributed by atoms with van der Waals surface area (Å²) in [4.78, 5) is 4.56. The van der Waals surface area contributed by atoms with Crippen LogP contribution in [0.3, 0.4) is 0 Å². The molecule has 1 heterocycles. The van der Waals surface area contributed by atoms with Gasteiger partial charge in [-0.05, 0) is 46.8 Å². The van der Waals surface area contributed by atoms with Gasteiger partial charge in [-0.25, -0.2) is 0 Å². The fourth-order valence-electron chi connectivity index (χ4n) is 2.45. The number of para-hydroxylation sites is 1. The van der Waals surface area contributed by atoms with Crippen molar-refractivity contribution in [2.45, 2.75) is 46.1 Å². The van der Waals surface area contributed by atoms with Crippen LogP contribution in [0.15, 0.2) is 34.9 Å². The van der Waals surface area contributed by atoms with Crippen LogP contribution in [0.1, 0.15) is 40.0 Å². The third-order valence-electron chi connectivity index (χ3n) is 3.91. The summed E-state index contributed by atoms with van der Waals surface area (Å²) in [6.07, 6.45) is 5.44. The molecule has 0 aliphatic rings. The first-order valence-corrected chi connectivity index (χ1v) is 8.24. The molecule has 0 aliphatic heterocycles. The number of nitrogens with one attached hydrogen (secondary N) is 1. The molecular formula is C17H23BrN2. The van der Waals surface area contributed by atoms with Gasteiger partial charge in [0.2, 0.25) is 0 Å². The Bertz CT molecular complexity index is 568. The summed E-state index contributed by atoms with van der Waals surface area (Å²) in [6.45, 7) is 6.83. The second-order valence-electron chi connectivity index (χ2n) is 5.53. The number of benzene rings is 1. The fraction of sp³-hybridized carbons (Fsp3) is 0.471. The number of rotatable bonds is 6. The molecule has 0 aliphatic carbocycles. The Hall–Kier alpha value is -1.09. The van der Waals surface area contributed by atoms with E-state index in [1.807, 2.05) is 6.20 Å². The Labute approximate surface area is 130 Å². The highest BCUT2D eigenvalue weighted by molar-refractivity contribution is 9.10. The topological polar surface area (TPSA) is 24.9 Å². The summed E-state index contributed by atoms with van der Waals surface area (Å²) in [7, 11) is 0. The molecule has 0 fully saturated rings. The monoisotopic (exact) mass is 334 g/mol. The number of halogens is 1. The van der Waals surface area contributed by atoms with Crippen molar-refractivity contribution < 1.29 is 0 Å². The van der Waals surface area contributed by atoms with Gasteiger partial charge in [0, 0.05) is 22.1 Å². The van der Waals surface area contributed by atoms with Crippen LogP contribution in [0.5, 0.6) is 0 Å². The predicted molar refractivity (Wildman–Crippen MR) is 91.2 cm³/mol. The van der Waals surface area contributed by atoms with E-state index in [1.165, 1.54) is 18.2 Å². The molecular weight excluding hydrogens is 312 g/mol. The maximum absolute atomic E-state index is 4.56. The third kappa shape index (κ3) is 3.72. The summed E-state index contributed by atoms with van der Waals surface area (Å²) in [5.74, 6) is 0.754. The van der Waals surface area contributed by atoms with Crippen LogP contribution in [0, 0.1) is 5.92 Å². The molecule has 1 N–H and O–H groups in total. The number of hydrogen-bond acceptors (Lipinski definition) is 2. The number of anilines is 1. The van der Waals surface area contributed by atoms with Crippen molar-refractivity contribution in [3.05, 3.63) is 34.9 Å². The highest BCUT2D eigenvalue weighted by Gasteiger charge is 2.12. The minimum atomic E-state index is 0.515. The van der Waals surface area contributed by atoms with Gasteiger partial charge in [0.25, 0.3) is 0 Å². The minimum absolute atomic E-state index is 0.515. The Balaban J connectivity index is 2.24. The smallest absolute Gasteiger partial charge is 0.0934 e. The van der Waals surface area contributed by atoms with E-state index in [9.17, 15) is 0 Å². The predicted octanol–water partition coefficient (Wildman–Crippen LogP) is 5.62. The SMILES string of the molecule is CCC(C)CC(CC)Nc1cccc2cc(Br)cnc12. The van der Waals surface area contributed by atoms with E-state index in [4.69, 9.17) is 0 Å². The van der Waals surface area contributed by atoms with Crippen LogP contribution < -0.4 is 5.32 Å². The molecule has 1 aromatic heterocycles. The van der Waals surface area contributed by atoms with E-state index in [0.29, 0.717) is 6.04 Å². The average molecular weight is 335 g/mol. The van der Waals surface area contributed by atoms with Crippen molar-refractivity contribution in [2.24, 2.45) is 5.92 Å². The maximum atomic E-state index is 4.56. The van der Waals surface area contributed by atoms with E-state index in [0.717, 1.165) is 28.0 Å². The first-order chi connectivity index (χ1) is 9.63. The van der Waals surface area contributed by atoms with Crippen LogP contribution >= 0.6 is 15.9 Å². The van der Waals surface area contributed by atoms with E-state index in [1.54, 1.807) is 0 Å². The second-order valence-corrected chi connectivity index (χ2v) is 6.45. The average Bonchev–Trinajstić information content (AvgIpc) is 2.46. The highest BCUT2D eigenvalue weighted by atomic mass is 79.9. The van der Waals surface area contributed by atoms with E-state index in [2.05, 4.69) is 71.3 Å². The summed E-state index contributed by atoms with van der Waals surface area (Å²) >= 11 is 3.48. The van der Waals surface area contributed by atoms with Gasteiger partial charge in [0.05, 0.1) is 11.2 Å². The lowest BCUT2D eigenvalue weighted by Crippen LogP contribution is -2.21. The largest absolute Gasteiger partial charge is 0.381 e. The minimum Gasteiger partial charge on any atom is -0.381 e. The highest BCUT2D eigenvalue weighted by Crippen LogP contribution is 2.26. The van der Waals surface area contributed by atoms with Gasteiger partial charge in [-0.2, -0.15) is 0 Å². The molecule has 0 bridgehead atoms. The first-order valence-electron chi connectivity index (χ1n) is 7.44. The Morgan fingerprint density at radius 1 is 1.25 bits per heavy atom. The van der Waals surface area contributed by atoms with Crippen molar-refractivity contribution in [3.8, 4) is 0 Å². The van der Waals surface area contributed by atoms with Crippen molar-refractivity contribution in [1.82, 2.24) is 4.98 Å². The molecule has 0 saturated carbocycles. The lowest BCUT2D eigenvalue weighted by molar-refractivity contribution is 0.462. The van der Waals surface area contributed by atoms with Gasteiger partial charge in [-0.15, -0.1) is 0 Å². The molecule has 3 heteroatoms. The normalized spacial score (nSPS) is 14.2. The Morgan fingerprint density at radius 3 is 2.75 bits per heavy atom. The van der Waals surface area contributed by atoms with Crippen LogP contribution in [-0.4, -0.2) is 11.0 Å². The molecule has 0 radical (unpaired) electrons. The lowest BCUT2D eigenvalue weighted by atomic mass is 9.97. The molecule has 0 amide bonds. The summed E-state index contributed by atoms with van der Waals surface area (Å²) in [5, 5.41) is 4.85. The first kappa shape index (κ1) is 15.3. The quantitative estimate of drug-likeness (QED) is 0.741. The molecule has 0 spiro atoms. The molecule has 2 aromatic rings. The Kier molecular flexibility index (Phi) is 5.41. The lowest BCUT2D eigenvalue weighted by Gasteiger charge is -2.22. The van der Waals surface area contributed by atoms with E-state index in [-0.39, 0.29) is 0 Å². The van der Waals surface area contributed by atoms with Gasteiger partial charge >= 0.3 is 0 Å². The van der Waals surface area contributed by atoms with Gasteiger partial charge < -0.3 is 5.32 Å². The van der Waals surface area contributed by atoms with Crippen molar-refractivity contribution in [2.75, 3.05) is 5.32 Å². The van der Waals surface area contributed by atoms with Gasteiger partial charge in [0.15, 0.2) is 0 Å². The van der Waals surface area contributed by atoms with E-state index >= 15 is 0 Å². The number of aromatic nitrogens is 1. The summed E-state index contributed by atoms with van der Waals surface area (Å²) in [5.41, 5.74) is 2.20. The van der Waals surface area contributed by atoms with Crippen LogP contribution in [0.2, 0.25) is 0 Å². The zero-order chi connectivity index (χ0) is 14.5. The van der Waals surface area contributed by atoms with Gasteiger partial charge in [-0.3, -0.25) is 4.98 Å². The molecule has 1 aromatic carbocycles. The Morgan fingerprint density at radius 2 is 2.05 bits per heavy atom. The van der Waals surface area contributed by atoms with Gasteiger partial charge in [0.1, 0.15) is 0 Å². The number of pyridine rings is 1. The third-order valence-corrected chi connectivity index (χ3v) is 4.35. The van der Waals surface area contributed by atoms with Crippen LogP contribution in [0.25, 0.3) is 10.9 Å². The van der Waals surface area contributed by atoms with Crippen LogP contribution in [0.4, 0.5) is 5.69 Å². The standard InChI is InChI=1S/C17H23BrN2/c1-4-12(3)9-15(5-2)20-16-8-6-7-13-10-14(18)11-19-17(13)16/h6-8,10-12,15,20H,4-5,9H2,1-3H3. The van der Waals surface area contributed by atoms with Crippen molar-refractivity contribution in [3.63, 3.8) is 0 Å². The van der Waals surface area contributed by atoms with E-state index < -0.39 is 0 Å². The molecule has 2 rings (SSSR count). The summed E-state index contributed by atoms with van der Waals surface area (Å²) in [6, 6.07) is 8.95. The molecule has 2 unspecified atom stereocenters. The fourth-order valence-corrected chi connectivity index (χ4v) is 2.80. The van der Waals surface area contributed by atoms with Crippen molar-refractivity contribution >= 4 is 32.5 Å². The number of nitrogens with zero attached hydrogens (tertiary/aromatic N) is 1. The zero-order valence-electron chi connectivity index (χ0n) is 12.5. The zero-order valence-corrected chi connectivity index (χ0v) is 14.1. The van der Waals surface area contributed by atoms with Crippen LogP contribution in [-0.2, 0) is 0 Å². The molecule has 0 saturated heterocycles. The molecule has 2 atom stereocenters. The molecule has 20 heavy (non-hydrogen) atoms. The molecule has 108 valence electrons. The molecule has 2 nitrogen and oxygen atoms in total.